The van der Waals surface area contributed by atoms with Gasteiger partial charge in [-0.1, -0.05) is 13.8 Å². The molecule has 0 saturated heterocycles. The molecule has 1 aliphatic carbocycles. The van der Waals surface area contributed by atoms with Crippen LogP contribution in [0.25, 0.3) is 0 Å². The van der Waals surface area contributed by atoms with Gasteiger partial charge >= 0.3 is 0 Å². The van der Waals surface area contributed by atoms with Gasteiger partial charge in [0.05, 0.1) is 5.56 Å². The lowest BCUT2D eigenvalue weighted by atomic mass is 9.95. The van der Waals surface area contributed by atoms with Crippen LogP contribution in [0.1, 0.15) is 47.5 Å². The minimum absolute atomic E-state index is 0.119. The van der Waals surface area contributed by atoms with Crippen LogP contribution in [0.15, 0.2) is 5.38 Å². The molecule has 0 unspecified atom stereocenters. The molecule has 0 atom stereocenters. The molecule has 0 fully saturated rings. The van der Waals surface area contributed by atoms with Crippen LogP contribution in [0.3, 0.4) is 0 Å². The van der Waals surface area contributed by atoms with Crippen molar-refractivity contribution >= 4 is 17.2 Å². The minimum Gasteiger partial charge on any atom is -0.352 e. The second-order valence-corrected chi connectivity index (χ2v) is 5.83. The molecule has 1 amide bonds. The van der Waals surface area contributed by atoms with Crippen LogP contribution in [0, 0.1) is 5.92 Å². The minimum atomic E-state index is 0.119. The summed E-state index contributed by atoms with van der Waals surface area (Å²) in [6, 6.07) is 0. The van der Waals surface area contributed by atoms with Crippen LogP contribution < -0.4 is 5.32 Å². The van der Waals surface area contributed by atoms with Gasteiger partial charge in [0, 0.05) is 16.8 Å². The Morgan fingerprint density at radius 2 is 2.19 bits per heavy atom. The highest BCUT2D eigenvalue weighted by atomic mass is 32.1. The Kier molecular flexibility index (Phi) is 3.64. The van der Waals surface area contributed by atoms with E-state index in [4.69, 9.17) is 0 Å². The zero-order valence-corrected chi connectivity index (χ0v) is 10.8. The highest BCUT2D eigenvalue weighted by molar-refractivity contribution is 7.10. The molecule has 1 aromatic rings. The van der Waals surface area contributed by atoms with Crippen molar-refractivity contribution in [2.45, 2.75) is 39.5 Å². The van der Waals surface area contributed by atoms with Crippen LogP contribution in [0.5, 0.6) is 0 Å². The fourth-order valence-electron chi connectivity index (χ4n) is 2.08. The van der Waals surface area contributed by atoms with Gasteiger partial charge in [-0.25, -0.2) is 0 Å². The van der Waals surface area contributed by atoms with Crippen LogP contribution >= 0.6 is 11.3 Å². The Morgan fingerprint density at radius 3 is 2.94 bits per heavy atom. The van der Waals surface area contributed by atoms with E-state index < -0.39 is 0 Å². The normalized spacial score (nSPS) is 14.9. The molecule has 2 nitrogen and oxygen atoms in total. The second-order valence-electron chi connectivity index (χ2n) is 4.86. The van der Waals surface area contributed by atoms with E-state index in [0.717, 1.165) is 24.9 Å². The first kappa shape index (κ1) is 11.6. The van der Waals surface area contributed by atoms with Crippen molar-refractivity contribution in [3.63, 3.8) is 0 Å². The molecule has 16 heavy (non-hydrogen) atoms. The monoisotopic (exact) mass is 237 g/mol. The van der Waals surface area contributed by atoms with Crippen molar-refractivity contribution in [1.82, 2.24) is 5.32 Å². The van der Waals surface area contributed by atoms with Gasteiger partial charge in [0.2, 0.25) is 0 Å². The van der Waals surface area contributed by atoms with Gasteiger partial charge in [-0.3, -0.25) is 4.79 Å². The molecule has 0 aliphatic heterocycles. The molecule has 1 aliphatic rings. The Labute approximate surface area is 101 Å². The quantitative estimate of drug-likeness (QED) is 0.860. The van der Waals surface area contributed by atoms with Gasteiger partial charge in [0.1, 0.15) is 0 Å². The molecule has 0 aromatic carbocycles. The number of hydrogen-bond acceptors (Lipinski definition) is 2. The number of carbonyl (C=O) groups excluding carboxylic acids is 1. The molecule has 1 heterocycles. The predicted octanol–water partition coefficient (Wildman–Crippen LogP) is 3.01. The van der Waals surface area contributed by atoms with E-state index in [-0.39, 0.29) is 5.91 Å². The Balaban J connectivity index is 2.08. The third-order valence-electron chi connectivity index (χ3n) is 2.98. The van der Waals surface area contributed by atoms with Gasteiger partial charge < -0.3 is 5.32 Å². The van der Waals surface area contributed by atoms with Gasteiger partial charge in [-0.05, 0) is 37.2 Å². The molecule has 0 saturated carbocycles. The van der Waals surface area contributed by atoms with Gasteiger partial charge in [-0.2, -0.15) is 0 Å². The molecule has 0 bridgehead atoms. The summed E-state index contributed by atoms with van der Waals surface area (Å²) in [5, 5.41) is 5.04. The number of thiophene rings is 1. The number of rotatable bonds is 3. The van der Waals surface area contributed by atoms with E-state index in [1.807, 2.05) is 5.38 Å². The molecule has 2 rings (SSSR count). The zero-order chi connectivity index (χ0) is 11.5. The lowest BCUT2D eigenvalue weighted by Gasteiger charge is -2.13. The van der Waals surface area contributed by atoms with Crippen molar-refractivity contribution in [2.24, 2.45) is 5.92 Å². The summed E-state index contributed by atoms with van der Waals surface area (Å²) in [4.78, 5) is 13.4. The number of amides is 1. The average Bonchev–Trinajstić information content (AvgIpc) is 2.69. The lowest BCUT2D eigenvalue weighted by molar-refractivity contribution is 0.0948. The maximum atomic E-state index is 12.0. The smallest absolute Gasteiger partial charge is 0.252 e. The first-order valence-corrected chi connectivity index (χ1v) is 6.94. The number of fused-ring (bicyclic) bond motifs is 1. The van der Waals surface area contributed by atoms with E-state index in [2.05, 4.69) is 19.2 Å². The van der Waals surface area contributed by atoms with E-state index >= 15 is 0 Å². The zero-order valence-electron chi connectivity index (χ0n) is 10.0. The van der Waals surface area contributed by atoms with Crippen molar-refractivity contribution in [3.8, 4) is 0 Å². The lowest BCUT2D eigenvalue weighted by Crippen LogP contribution is -2.28. The fraction of sp³-hybridized carbons (Fsp3) is 0.615. The molecule has 1 aromatic heterocycles. The molecular weight excluding hydrogens is 218 g/mol. The average molecular weight is 237 g/mol. The highest BCUT2D eigenvalue weighted by Crippen LogP contribution is 2.30. The molecular formula is C13H19NOS. The Hall–Kier alpha value is -0.830. The van der Waals surface area contributed by atoms with Gasteiger partial charge in [0.25, 0.3) is 5.91 Å². The Morgan fingerprint density at radius 1 is 1.44 bits per heavy atom. The standard InChI is InChI=1S/C13H19NOS/c1-9(2)7-14-13(15)11-8-16-12-6-4-3-5-10(11)12/h8-9H,3-7H2,1-2H3,(H,14,15). The van der Waals surface area contributed by atoms with Crippen molar-refractivity contribution < 1.29 is 4.79 Å². The van der Waals surface area contributed by atoms with Crippen molar-refractivity contribution in [2.75, 3.05) is 6.54 Å². The number of carbonyl (C=O) groups is 1. The van der Waals surface area contributed by atoms with E-state index in [1.54, 1.807) is 11.3 Å². The van der Waals surface area contributed by atoms with Crippen molar-refractivity contribution in [3.05, 3.63) is 21.4 Å². The summed E-state index contributed by atoms with van der Waals surface area (Å²) in [7, 11) is 0. The molecule has 1 N–H and O–H groups in total. The first-order valence-electron chi connectivity index (χ1n) is 6.06. The topological polar surface area (TPSA) is 29.1 Å². The maximum Gasteiger partial charge on any atom is 0.252 e. The number of aryl methyl sites for hydroxylation is 1. The summed E-state index contributed by atoms with van der Waals surface area (Å²) in [5.41, 5.74) is 2.25. The summed E-state index contributed by atoms with van der Waals surface area (Å²) in [5.74, 6) is 0.631. The first-order chi connectivity index (χ1) is 7.68. The van der Waals surface area contributed by atoms with Gasteiger partial charge in [-0.15, -0.1) is 11.3 Å². The van der Waals surface area contributed by atoms with E-state index in [0.29, 0.717) is 5.92 Å². The third kappa shape index (κ3) is 2.46. The largest absolute Gasteiger partial charge is 0.352 e. The number of hydrogen-bond donors (Lipinski definition) is 1. The van der Waals surface area contributed by atoms with E-state index in [1.165, 1.54) is 23.3 Å². The summed E-state index contributed by atoms with van der Waals surface area (Å²) in [6.45, 7) is 5.00. The summed E-state index contributed by atoms with van der Waals surface area (Å²) in [6.07, 6.45) is 4.76. The predicted molar refractivity (Wildman–Crippen MR) is 68.1 cm³/mol. The second kappa shape index (κ2) is 5.00. The maximum absolute atomic E-state index is 12.0. The van der Waals surface area contributed by atoms with Crippen molar-refractivity contribution in [1.29, 1.82) is 0 Å². The van der Waals surface area contributed by atoms with Gasteiger partial charge in [0.15, 0.2) is 0 Å². The highest BCUT2D eigenvalue weighted by Gasteiger charge is 2.19. The van der Waals surface area contributed by atoms with Crippen LogP contribution in [0.2, 0.25) is 0 Å². The van der Waals surface area contributed by atoms with Crippen LogP contribution in [0.4, 0.5) is 0 Å². The number of nitrogens with one attached hydrogen (secondary N) is 1. The van der Waals surface area contributed by atoms with E-state index in [9.17, 15) is 4.79 Å². The van der Waals surface area contributed by atoms with Crippen LogP contribution in [-0.4, -0.2) is 12.5 Å². The third-order valence-corrected chi connectivity index (χ3v) is 4.07. The molecule has 0 spiro atoms. The SMILES string of the molecule is CC(C)CNC(=O)c1csc2c1CCCC2. The molecule has 3 heteroatoms. The van der Waals surface area contributed by atoms with Crippen LogP contribution in [-0.2, 0) is 12.8 Å². The summed E-state index contributed by atoms with van der Waals surface area (Å²) >= 11 is 1.75. The Bertz CT molecular complexity index is 381. The molecule has 88 valence electrons. The fourth-order valence-corrected chi connectivity index (χ4v) is 3.20. The summed E-state index contributed by atoms with van der Waals surface area (Å²) < 4.78 is 0. The molecule has 0 radical (unpaired) electrons.